The molecule has 0 aliphatic heterocycles. The van der Waals surface area contributed by atoms with Crippen LogP contribution in [0.5, 0.6) is 0 Å². The molecular formula is C25H16ClN3O3. The third-order valence-corrected chi connectivity index (χ3v) is 5.54. The van der Waals surface area contributed by atoms with Crippen LogP contribution in [0.3, 0.4) is 0 Å². The molecule has 2 aromatic carbocycles. The number of hydrogen-bond acceptors (Lipinski definition) is 5. The van der Waals surface area contributed by atoms with E-state index in [0.717, 1.165) is 22.1 Å². The van der Waals surface area contributed by atoms with E-state index in [-0.39, 0.29) is 5.56 Å². The summed E-state index contributed by atoms with van der Waals surface area (Å²) in [6, 6.07) is 20.7. The van der Waals surface area contributed by atoms with E-state index in [0.29, 0.717) is 27.3 Å². The Kier molecular flexibility index (Phi) is 4.92. The van der Waals surface area contributed by atoms with Crippen LogP contribution in [0.1, 0.15) is 10.4 Å². The number of nitrogens with one attached hydrogen (secondary N) is 1. The minimum absolute atomic E-state index is 0.0824. The van der Waals surface area contributed by atoms with Gasteiger partial charge in [0.1, 0.15) is 11.2 Å². The first-order valence-corrected chi connectivity index (χ1v) is 10.2. The highest BCUT2D eigenvalue weighted by Gasteiger charge is 2.17. The Bertz CT molecular complexity index is 1560. The molecule has 0 unspecified atom stereocenters. The fourth-order valence-corrected chi connectivity index (χ4v) is 4.01. The predicted octanol–water partition coefficient (Wildman–Crippen LogP) is 5.25. The molecular weight excluding hydrogens is 426 g/mol. The molecule has 0 spiro atoms. The van der Waals surface area contributed by atoms with Crippen molar-refractivity contribution >= 4 is 39.5 Å². The first-order valence-electron chi connectivity index (χ1n) is 9.81. The molecule has 0 radical (unpaired) electrons. The zero-order chi connectivity index (χ0) is 22.2. The van der Waals surface area contributed by atoms with Gasteiger partial charge in [-0.1, -0.05) is 48.0 Å². The molecule has 156 valence electrons. The molecule has 0 saturated carbocycles. The zero-order valence-electron chi connectivity index (χ0n) is 16.9. The van der Waals surface area contributed by atoms with Crippen LogP contribution >= 0.6 is 11.6 Å². The number of H-pyrrole nitrogens is 1. The van der Waals surface area contributed by atoms with Gasteiger partial charge in [0.05, 0.1) is 23.3 Å². The number of hydrogen-bond donors (Lipinski definition) is 1. The Balaban J connectivity index is 1.84. The first kappa shape index (κ1) is 19.9. The van der Waals surface area contributed by atoms with E-state index in [1.807, 2.05) is 60.7 Å². The van der Waals surface area contributed by atoms with Crippen LogP contribution < -0.4 is 5.56 Å². The van der Waals surface area contributed by atoms with E-state index in [2.05, 4.69) is 9.97 Å². The quantitative estimate of drug-likeness (QED) is 0.387. The summed E-state index contributed by atoms with van der Waals surface area (Å²) in [6.45, 7) is 0. The lowest BCUT2D eigenvalue weighted by Crippen LogP contribution is -2.19. The maximum absolute atomic E-state index is 12.4. The molecule has 0 saturated heterocycles. The minimum atomic E-state index is -0.707. The Labute approximate surface area is 187 Å². The highest BCUT2D eigenvalue weighted by Crippen LogP contribution is 2.36. The summed E-state index contributed by atoms with van der Waals surface area (Å²) in [5.74, 6) is -0.707. The van der Waals surface area contributed by atoms with Crippen molar-refractivity contribution in [3.63, 3.8) is 0 Å². The molecule has 3 aromatic heterocycles. The van der Waals surface area contributed by atoms with Crippen molar-refractivity contribution in [1.82, 2.24) is 15.0 Å². The summed E-state index contributed by atoms with van der Waals surface area (Å²) in [6.07, 6.45) is 1.70. The Morgan fingerprint density at radius 2 is 1.78 bits per heavy atom. The Hall–Kier alpha value is -4.03. The average molecular weight is 442 g/mol. The second-order valence-electron chi connectivity index (χ2n) is 7.23. The number of methoxy groups -OCH3 is 1. The van der Waals surface area contributed by atoms with Gasteiger partial charge in [-0.05, 0) is 35.9 Å². The number of nitrogens with zero attached hydrogens (tertiary/aromatic N) is 2. The van der Waals surface area contributed by atoms with Crippen molar-refractivity contribution in [3.05, 3.63) is 93.9 Å². The fourth-order valence-electron chi connectivity index (χ4n) is 3.74. The standard InChI is InChI=1S/C25H16ClN3O3/c1-32-25(31)19-12-17-11-18(16-10-15-8-5-9-27-22(15)20(26)13-16)21(14-6-3-2-4-7-14)28-23(17)29-24(19)30/h2-13H,1H3,(H,28,29,30). The smallest absolute Gasteiger partial charge is 0.343 e. The number of rotatable bonds is 3. The number of pyridine rings is 3. The van der Waals surface area contributed by atoms with Crippen LogP contribution in [0.15, 0.2) is 77.7 Å². The summed E-state index contributed by atoms with van der Waals surface area (Å²) in [4.78, 5) is 36.2. The third-order valence-electron chi connectivity index (χ3n) is 5.25. The first-order chi connectivity index (χ1) is 15.5. The maximum Gasteiger partial charge on any atom is 0.343 e. The molecule has 5 aromatic rings. The van der Waals surface area contributed by atoms with E-state index in [9.17, 15) is 9.59 Å². The van der Waals surface area contributed by atoms with Crippen molar-refractivity contribution in [2.75, 3.05) is 7.11 Å². The lowest BCUT2D eigenvalue weighted by molar-refractivity contribution is 0.0599. The number of carbonyl (C=O) groups excluding carboxylic acids is 1. The van der Waals surface area contributed by atoms with Gasteiger partial charge in [-0.15, -0.1) is 0 Å². The number of aromatic amines is 1. The molecule has 32 heavy (non-hydrogen) atoms. The largest absolute Gasteiger partial charge is 0.465 e. The van der Waals surface area contributed by atoms with Crippen molar-refractivity contribution in [1.29, 1.82) is 0 Å². The molecule has 0 atom stereocenters. The zero-order valence-corrected chi connectivity index (χ0v) is 17.7. The van der Waals surface area contributed by atoms with Crippen molar-refractivity contribution < 1.29 is 9.53 Å². The molecule has 0 fully saturated rings. The van der Waals surface area contributed by atoms with E-state index in [1.54, 1.807) is 6.20 Å². The van der Waals surface area contributed by atoms with Gasteiger partial charge >= 0.3 is 5.97 Å². The van der Waals surface area contributed by atoms with E-state index < -0.39 is 11.5 Å². The van der Waals surface area contributed by atoms with Crippen molar-refractivity contribution in [3.8, 4) is 22.4 Å². The van der Waals surface area contributed by atoms with Gasteiger partial charge in [0, 0.05) is 28.1 Å². The number of benzene rings is 2. The number of fused-ring (bicyclic) bond motifs is 2. The van der Waals surface area contributed by atoms with Crippen LogP contribution in [0.2, 0.25) is 5.02 Å². The highest BCUT2D eigenvalue weighted by atomic mass is 35.5. The molecule has 0 bridgehead atoms. The number of ether oxygens (including phenoxy) is 1. The Morgan fingerprint density at radius 3 is 2.56 bits per heavy atom. The number of esters is 1. The molecule has 1 N–H and O–H groups in total. The second kappa shape index (κ2) is 7.90. The van der Waals surface area contributed by atoms with E-state index >= 15 is 0 Å². The summed E-state index contributed by atoms with van der Waals surface area (Å²) >= 11 is 6.54. The van der Waals surface area contributed by atoms with Gasteiger partial charge in [-0.25, -0.2) is 9.78 Å². The molecule has 0 aliphatic carbocycles. The number of aromatic nitrogens is 3. The fraction of sp³-hybridized carbons (Fsp3) is 0.0400. The van der Waals surface area contributed by atoms with Gasteiger partial charge in [-0.2, -0.15) is 0 Å². The topological polar surface area (TPSA) is 84.9 Å². The molecule has 5 rings (SSSR count). The summed E-state index contributed by atoms with van der Waals surface area (Å²) in [5.41, 5.74) is 3.66. The highest BCUT2D eigenvalue weighted by molar-refractivity contribution is 6.35. The van der Waals surface area contributed by atoms with Crippen LogP contribution in [-0.2, 0) is 4.74 Å². The van der Waals surface area contributed by atoms with Gasteiger partial charge < -0.3 is 9.72 Å². The molecule has 7 heteroatoms. The van der Waals surface area contributed by atoms with Crippen LogP contribution in [0.4, 0.5) is 0 Å². The van der Waals surface area contributed by atoms with Gasteiger partial charge in [0.2, 0.25) is 0 Å². The second-order valence-corrected chi connectivity index (χ2v) is 7.63. The summed E-state index contributed by atoms with van der Waals surface area (Å²) < 4.78 is 4.73. The van der Waals surface area contributed by atoms with E-state index in [4.69, 9.17) is 21.3 Å². The number of halogens is 1. The van der Waals surface area contributed by atoms with Gasteiger partial charge in [0.25, 0.3) is 5.56 Å². The number of carbonyl (C=O) groups is 1. The lowest BCUT2D eigenvalue weighted by Gasteiger charge is -2.13. The molecule has 0 aliphatic rings. The molecule has 6 nitrogen and oxygen atoms in total. The van der Waals surface area contributed by atoms with Crippen LogP contribution in [0.25, 0.3) is 44.3 Å². The predicted molar refractivity (Wildman–Crippen MR) is 125 cm³/mol. The normalized spacial score (nSPS) is 11.1. The Morgan fingerprint density at radius 1 is 0.969 bits per heavy atom. The summed E-state index contributed by atoms with van der Waals surface area (Å²) in [7, 11) is 1.24. The molecule has 0 amide bonds. The molecule has 3 heterocycles. The van der Waals surface area contributed by atoms with Crippen LogP contribution in [-0.4, -0.2) is 28.0 Å². The van der Waals surface area contributed by atoms with Crippen molar-refractivity contribution in [2.24, 2.45) is 0 Å². The third kappa shape index (κ3) is 3.40. The van der Waals surface area contributed by atoms with Gasteiger partial charge in [-0.3, -0.25) is 9.78 Å². The van der Waals surface area contributed by atoms with E-state index in [1.165, 1.54) is 13.2 Å². The monoisotopic (exact) mass is 441 g/mol. The van der Waals surface area contributed by atoms with Gasteiger partial charge in [0.15, 0.2) is 0 Å². The van der Waals surface area contributed by atoms with Crippen molar-refractivity contribution in [2.45, 2.75) is 0 Å². The van der Waals surface area contributed by atoms with Crippen LogP contribution in [0, 0.1) is 0 Å². The minimum Gasteiger partial charge on any atom is -0.465 e. The SMILES string of the molecule is COC(=O)c1cc2cc(-c3cc(Cl)c4ncccc4c3)c(-c3ccccc3)nc2[nH]c1=O. The maximum atomic E-state index is 12.4. The average Bonchev–Trinajstić information content (AvgIpc) is 2.83. The summed E-state index contributed by atoms with van der Waals surface area (Å²) in [5, 5.41) is 2.02. The lowest BCUT2D eigenvalue weighted by atomic mass is 9.96.